The van der Waals surface area contributed by atoms with Crippen molar-refractivity contribution in [1.29, 1.82) is 0 Å². The minimum Gasteiger partial charge on any atom is -0.0984 e. The van der Waals surface area contributed by atoms with Gasteiger partial charge in [0.15, 0.2) is 0 Å². The molecule has 0 N–H and O–H groups in total. The van der Waals surface area contributed by atoms with E-state index in [0.717, 1.165) is 16.5 Å². The summed E-state index contributed by atoms with van der Waals surface area (Å²) in [7, 11) is 0. The lowest BCUT2D eigenvalue weighted by Gasteiger charge is -2.01. The summed E-state index contributed by atoms with van der Waals surface area (Å²) in [5.74, 6) is 0.793. The molecule has 0 nitrogen and oxygen atoms in total. The van der Waals surface area contributed by atoms with Gasteiger partial charge in [0.2, 0.25) is 0 Å². The maximum absolute atomic E-state index is 5.95. The molecule has 1 fully saturated rings. The lowest BCUT2D eigenvalue weighted by Crippen LogP contribution is -1.81. The van der Waals surface area contributed by atoms with Gasteiger partial charge in [-0.2, -0.15) is 0 Å². The third-order valence-corrected chi connectivity index (χ3v) is 2.63. The minimum absolute atomic E-state index is 0.793. The number of halogens is 1. The van der Waals surface area contributed by atoms with Crippen LogP contribution in [0.5, 0.6) is 0 Å². The quantitative estimate of drug-likeness (QED) is 0.645. The van der Waals surface area contributed by atoms with Gasteiger partial charge in [-0.1, -0.05) is 36.4 Å². The average Bonchev–Trinajstić information content (AvgIpc) is 2.88. The molecular weight excluding hydrogens is 168 g/mol. The van der Waals surface area contributed by atoms with Gasteiger partial charge in [-0.05, 0) is 36.0 Å². The fraction of sp³-hybridized carbons (Fsp3) is 0.273. The second kappa shape index (κ2) is 2.95. The Morgan fingerprint density at radius 3 is 2.75 bits per heavy atom. The van der Waals surface area contributed by atoms with Crippen LogP contribution in [0.3, 0.4) is 0 Å². The first-order valence-electron chi connectivity index (χ1n) is 4.23. The van der Waals surface area contributed by atoms with Crippen LogP contribution < -0.4 is 0 Å². The van der Waals surface area contributed by atoms with Crippen LogP contribution in [0.15, 0.2) is 24.8 Å². The Morgan fingerprint density at radius 1 is 1.42 bits per heavy atom. The van der Waals surface area contributed by atoms with Crippen LogP contribution >= 0.6 is 11.6 Å². The second-order valence-corrected chi connectivity index (χ2v) is 3.67. The molecule has 0 spiro atoms. The van der Waals surface area contributed by atoms with E-state index in [-0.39, 0.29) is 0 Å². The molecule has 1 aromatic rings. The maximum Gasteiger partial charge on any atom is 0.0478 e. The molecule has 1 aliphatic rings. The number of benzene rings is 1. The van der Waals surface area contributed by atoms with E-state index in [0.29, 0.717) is 0 Å². The van der Waals surface area contributed by atoms with Gasteiger partial charge in [0, 0.05) is 5.02 Å². The van der Waals surface area contributed by atoms with Gasteiger partial charge in [0.1, 0.15) is 0 Å². The molecule has 12 heavy (non-hydrogen) atoms. The molecule has 0 radical (unpaired) electrons. The molecule has 0 aromatic heterocycles. The lowest BCUT2D eigenvalue weighted by molar-refractivity contribution is 1.13. The van der Waals surface area contributed by atoms with Gasteiger partial charge in [-0.3, -0.25) is 0 Å². The Bertz CT molecular complexity index is 311. The van der Waals surface area contributed by atoms with E-state index >= 15 is 0 Å². The average molecular weight is 179 g/mol. The SMILES string of the molecule is C=Cc1cc(C2CC2)ccc1Cl. The molecule has 0 aliphatic heterocycles. The highest BCUT2D eigenvalue weighted by molar-refractivity contribution is 6.32. The molecule has 0 amide bonds. The smallest absolute Gasteiger partial charge is 0.0478 e. The Balaban J connectivity index is 2.39. The number of hydrogen-bond acceptors (Lipinski definition) is 0. The first-order valence-corrected chi connectivity index (χ1v) is 4.61. The molecule has 0 atom stereocenters. The summed E-state index contributed by atoms with van der Waals surface area (Å²) >= 11 is 5.95. The summed E-state index contributed by atoms with van der Waals surface area (Å²) in [5.41, 5.74) is 2.47. The molecule has 1 aliphatic carbocycles. The van der Waals surface area contributed by atoms with E-state index in [2.05, 4.69) is 18.7 Å². The molecular formula is C11H11Cl. The van der Waals surface area contributed by atoms with Crippen molar-refractivity contribution < 1.29 is 0 Å². The van der Waals surface area contributed by atoms with E-state index in [1.54, 1.807) is 0 Å². The fourth-order valence-electron chi connectivity index (χ4n) is 1.39. The zero-order valence-electron chi connectivity index (χ0n) is 6.89. The van der Waals surface area contributed by atoms with Crippen molar-refractivity contribution in [1.82, 2.24) is 0 Å². The molecule has 2 rings (SSSR count). The molecule has 0 bridgehead atoms. The highest BCUT2D eigenvalue weighted by Gasteiger charge is 2.23. The highest BCUT2D eigenvalue weighted by atomic mass is 35.5. The standard InChI is InChI=1S/C11H11Cl/c1-2-8-7-10(9-3-4-9)5-6-11(8)12/h2,5-7,9H,1,3-4H2. The third kappa shape index (κ3) is 1.39. The number of hydrogen-bond donors (Lipinski definition) is 0. The van der Waals surface area contributed by atoms with Crippen molar-refractivity contribution in [3.63, 3.8) is 0 Å². The van der Waals surface area contributed by atoms with Crippen molar-refractivity contribution in [3.8, 4) is 0 Å². The lowest BCUT2D eigenvalue weighted by atomic mass is 10.1. The summed E-state index contributed by atoms with van der Waals surface area (Å²) in [4.78, 5) is 0. The number of rotatable bonds is 2. The predicted molar refractivity (Wildman–Crippen MR) is 53.5 cm³/mol. The van der Waals surface area contributed by atoms with Crippen LogP contribution in [-0.2, 0) is 0 Å². The normalized spacial score (nSPS) is 16.1. The predicted octanol–water partition coefficient (Wildman–Crippen LogP) is 3.86. The zero-order valence-corrected chi connectivity index (χ0v) is 7.64. The zero-order chi connectivity index (χ0) is 8.55. The molecule has 1 heteroatoms. The van der Waals surface area contributed by atoms with Gasteiger partial charge in [-0.15, -0.1) is 0 Å². The monoisotopic (exact) mass is 178 g/mol. The van der Waals surface area contributed by atoms with E-state index in [4.69, 9.17) is 11.6 Å². The topological polar surface area (TPSA) is 0 Å². The Hall–Kier alpha value is -0.750. The van der Waals surface area contributed by atoms with Gasteiger partial charge < -0.3 is 0 Å². The van der Waals surface area contributed by atoms with Crippen molar-refractivity contribution in [3.05, 3.63) is 40.9 Å². The van der Waals surface area contributed by atoms with Crippen molar-refractivity contribution in [2.75, 3.05) is 0 Å². The molecule has 1 aromatic carbocycles. The second-order valence-electron chi connectivity index (χ2n) is 3.26. The van der Waals surface area contributed by atoms with Crippen molar-refractivity contribution in [2.24, 2.45) is 0 Å². The Labute approximate surface area is 77.9 Å². The van der Waals surface area contributed by atoms with E-state index in [1.165, 1.54) is 18.4 Å². The summed E-state index contributed by atoms with van der Waals surface area (Å²) in [6.07, 6.45) is 4.48. The van der Waals surface area contributed by atoms with Crippen LogP contribution in [0.4, 0.5) is 0 Å². The van der Waals surface area contributed by atoms with Crippen molar-refractivity contribution >= 4 is 17.7 Å². The maximum atomic E-state index is 5.95. The van der Waals surface area contributed by atoms with E-state index < -0.39 is 0 Å². The third-order valence-electron chi connectivity index (χ3n) is 2.29. The van der Waals surface area contributed by atoms with Crippen LogP contribution in [0, 0.1) is 0 Å². The summed E-state index contributed by atoms with van der Waals surface area (Å²) in [5, 5.41) is 0.800. The molecule has 0 saturated heterocycles. The van der Waals surface area contributed by atoms with E-state index in [9.17, 15) is 0 Å². The summed E-state index contributed by atoms with van der Waals surface area (Å²) in [6.45, 7) is 3.73. The molecule has 0 unspecified atom stereocenters. The van der Waals surface area contributed by atoms with Crippen molar-refractivity contribution in [2.45, 2.75) is 18.8 Å². The Kier molecular flexibility index (Phi) is 1.93. The van der Waals surface area contributed by atoms with E-state index in [1.807, 2.05) is 12.1 Å². The van der Waals surface area contributed by atoms with Crippen LogP contribution in [0.1, 0.15) is 29.9 Å². The summed E-state index contributed by atoms with van der Waals surface area (Å²) < 4.78 is 0. The first-order chi connectivity index (χ1) is 5.81. The largest absolute Gasteiger partial charge is 0.0984 e. The van der Waals surface area contributed by atoms with Gasteiger partial charge in [-0.25, -0.2) is 0 Å². The molecule has 62 valence electrons. The van der Waals surface area contributed by atoms with Crippen LogP contribution in [-0.4, -0.2) is 0 Å². The fourth-order valence-corrected chi connectivity index (χ4v) is 1.58. The van der Waals surface area contributed by atoms with Gasteiger partial charge in [0.05, 0.1) is 0 Å². The highest BCUT2D eigenvalue weighted by Crippen LogP contribution is 2.41. The Morgan fingerprint density at radius 2 is 2.17 bits per heavy atom. The van der Waals surface area contributed by atoms with Crippen LogP contribution in [0.25, 0.3) is 6.08 Å². The molecule has 0 heterocycles. The van der Waals surface area contributed by atoms with Gasteiger partial charge in [0.25, 0.3) is 0 Å². The van der Waals surface area contributed by atoms with Gasteiger partial charge >= 0.3 is 0 Å². The molecule has 1 saturated carbocycles. The minimum atomic E-state index is 0.793. The first kappa shape index (κ1) is 7.88. The summed E-state index contributed by atoms with van der Waals surface area (Å²) in [6, 6.07) is 6.23. The van der Waals surface area contributed by atoms with Crippen LogP contribution in [0.2, 0.25) is 5.02 Å².